The predicted octanol–water partition coefficient (Wildman–Crippen LogP) is 2.00. The average molecular weight is 222 g/mol. The molecular weight excluding hydrogens is 204 g/mol. The normalized spacial score (nSPS) is 30.0. The fourth-order valence-corrected chi connectivity index (χ4v) is 2.11. The van der Waals surface area contributed by atoms with Gasteiger partial charge in [0.05, 0.1) is 12.2 Å². The van der Waals surface area contributed by atoms with Gasteiger partial charge in [-0.1, -0.05) is 6.07 Å². The summed E-state index contributed by atoms with van der Waals surface area (Å²) in [5, 5.41) is 0. The van der Waals surface area contributed by atoms with Gasteiger partial charge in [-0.25, -0.2) is 0 Å². The van der Waals surface area contributed by atoms with E-state index in [1.54, 1.807) is 6.07 Å². The SMILES string of the molecule is CC1CC(Oc2cccc(N)n2)CC(C)O1. The van der Waals surface area contributed by atoms with Crippen molar-refractivity contribution in [3.05, 3.63) is 18.2 Å². The highest BCUT2D eigenvalue weighted by Gasteiger charge is 2.25. The third-order valence-electron chi connectivity index (χ3n) is 2.69. The molecule has 2 rings (SSSR count). The molecule has 1 aliphatic rings. The van der Waals surface area contributed by atoms with E-state index in [1.165, 1.54) is 0 Å². The molecule has 0 radical (unpaired) electrons. The first-order valence-corrected chi connectivity index (χ1v) is 5.68. The standard InChI is InChI=1S/C12H18N2O2/c1-8-6-10(7-9(2)15-8)16-12-5-3-4-11(13)14-12/h3-5,8-10H,6-7H2,1-2H3,(H2,13,14). The van der Waals surface area contributed by atoms with Gasteiger partial charge in [0.2, 0.25) is 5.88 Å². The molecule has 0 saturated carbocycles. The molecule has 2 heterocycles. The first-order chi connectivity index (χ1) is 7.63. The van der Waals surface area contributed by atoms with E-state index in [0.29, 0.717) is 11.7 Å². The maximum atomic E-state index is 5.81. The minimum Gasteiger partial charge on any atom is -0.474 e. The zero-order chi connectivity index (χ0) is 11.5. The molecule has 4 heteroatoms. The van der Waals surface area contributed by atoms with Crippen LogP contribution in [0.5, 0.6) is 5.88 Å². The number of anilines is 1. The van der Waals surface area contributed by atoms with Crippen LogP contribution >= 0.6 is 0 Å². The number of nitrogens with zero attached hydrogens (tertiary/aromatic N) is 1. The Bertz CT molecular complexity index is 347. The zero-order valence-corrected chi connectivity index (χ0v) is 9.72. The van der Waals surface area contributed by atoms with Crippen molar-refractivity contribution in [3.63, 3.8) is 0 Å². The second-order valence-electron chi connectivity index (χ2n) is 4.37. The second-order valence-corrected chi connectivity index (χ2v) is 4.37. The van der Waals surface area contributed by atoms with Crippen molar-refractivity contribution in [2.24, 2.45) is 0 Å². The van der Waals surface area contributed by atoms with Crippen molar-refractivity contribution in [2.75, 3.05) is 5.73 Å². The molecule has 0 bridgehead atoms. The number of hydrogen-bond donors (Lipinski definition) is 1. The lowest BCUT2D eigenvalue weighted by Crippen LogP contribution is -2.35. The fourth-order valence-electron chi connectivity index (χ4n) is 2.11. The monoisotopic (exact) mass is 222 g/mol. The van der Waals surface area contributed by atoms with Gasteiger partial charge in [0.15, 0.2) is 0 Å². The molecule has 0 aromatic carbocycles. The summed E-state index contributed by atoms with van der Waals surface area (Å²) in [4.78, 5) is 4.13. The van der Waals surface area contributed by atoms with Crippen LogP contribution in [0.4, 0.5) is 5.82 Å². The average Bonchev–Trinajstić information content (AvgIpc) is 2.15. The summed E-state index contributed by atoms with van der Waals surface area (Å²) in [7, 11) is 0. The van der Waals surface area contributed by atoms with Crippen molar-refractivity contribution in [2.45, 2.75) is 45.0 Å². The van der Waals surface area contributed by atoms with Crippen molar-refractivity contribution >= 4 is 5.82 Å². The summed E-state index contributed by atoms with van der Waals surface area (Å²) < 4.78 is 11.5. The topological polar surface area (TPSA) is 57.4 Å². The lowest BCUT2D eigenvalue weighted by Gasteiger charge is -2.31. The van der Waals surface area contributed by atoms with E-state index in [4.69, 9.17) is 15.2 Å². The third kappa shape index (κ3) is 2.85. The fraction of sp³-hybridized carbons (Fsp3) is 0.583. The summed E-state index contributed by atoms with van der Waals surface area (Å²) in [6.45, 7) is 4.14. The molecule has 88 valence electrons. The van der Waals surface area contributed by atoms with Gasteiger partial charge in [0.1, 0.15) is 11.9 Å². The Labute approximate surface area is 95.8 Å². The van der Waals surface area contributed by atoms with Crippen LogP contribution < -0.4 is 10.5 Å². The number of aromatic nitrogens is 1. The van der Waals surface area contributed by atoms with Gasteiger partial charge < -0.3 is 15.2 Å². The molecule has 2 unspecified atom stereocenters. The van der Waals surface area contributed by atoms with E-state index in [0.717, 1.165) is 12.8 Å². The summed E-state index contributed by atoms with van der Waals surface area (Å²) >= 11 is 0. The molecule has 1 fully saturated rings. The molecule has 1 aliphatic heterocycles. The summed E-state index contributed by atoms with van der Waals surface area (Å²) in [6.07, 6.45) is 2.47. The van der Waals surface area contributed by atoms with Crippen molar-refractivity contribution < 1.29 is 9.47 Å². The summed E-state index contributed by atoms with van der Waals surface area (Å²) in [5.74, 6) is 1.09. The lowest BCUT2D eigenvalue weighted by molar-refractivity contribution is -0.0729. The summed E-state index contributed by atoms with van der Waals surface area (Å²) in [5.41, 5.74) is 5.60. The molecule has 1 aromatic rings. The van der Waals surface area contributed by atoms with E-state index >= 15 is 0 Å². The Morgan fingerprint density at radius 2 is 2.00 bits per heavy atom. The number of ether oxygens (including phenoxy) is 2. The van der Waals surface area contributed by atoms with Crippen LogP contribution in [-0.4, -0.2) is 23.3 Å². The van der Waals surface area contributed by atoms with E-state index < -0.39 is 0 Å². The van der Waals surface area contributed by atoms with Crippen LogP contribution in [0.2, 0.25) is 0 Å². The van der Waals surface area contributed by atoms with Gasteiger partial charge >= 0.3 is 0 Å². The molecule has 0 amide bonds. The molecule has 0 aliphatic carbocycles. The van der Waals surface area contributed by atoms with Crippen LogP contribution in [0.15, 0.2) is 18.2 Å². The first kappa shape index (κ1) is 11.2. The maximum absolute atomic E-state index is 5.81. The van der Waals surface area contributed by atoms with Gasteiger partial charge in [0.25, 0.3) is 0 Å². The largest absolute Gasteiger partial charge is 0.474 e. The van der Waals surface area contributed by atoms with Gasteiger partial charge in [-0.3, -0.25) is 0 Å². The minimum atomic E-state index is 0.174. The van der Waals surface area contributed by atoms with Crippen LogP contribution in [-0.2, 0) is 4.74 Å². The quantitative estimate of drug-likeness (QED) is 0.831. The molecule has 2 atom stereocenters. The minimum absolute atomic E-state index is 0.174. The smallest absolute Gasteiger partial charge is 0.215 e. The van der Waals surface area contributed by atoms with Crippen LogP contribution in [0.1, 0.15) is 26.7 Å². The Hall–Kier alpha value is -1.29. The Morgan fingerprint density at radius 3 is 2.62 bits per heavy atom. The van der Waals surface area contributed by atoms with Gasteiger partial charge in [0, 0.05) is 18.9 Å². The molecule has 1 aromatic heterocycles. The molecular formula is C12H18N2O2. The lowest BCUT2D eigenvalue weighted by atomic mass is 10.0. The molecule has 16 heavy (non-hydrogen) atoms. The van der Waals surface area contributed by atoms with Crippen molar-refractivity contribution in [3.8, 4) is 5.88 Å². The first-order valence-electron chi connectivity index (χ1n) is 5.68. The molecule has 1 saturated heterocycles. The highest BCUT2D eigenvalue weighted by molar-refractivity contribution is 5.31. The highest BCUT2D eigenvalue weighted by atomic mass is 16.5. The number of nitrogens with two attached hydrogens (primary N) is 1. The van der Waals surface area contributed by atoms with E-state index in [-0.39, 0.29) is 18.3 Å². The number of rotatable bonds is 2. The second kappa shape index (κ2) is 4.70. The number of hydrogen-bond acceptors (Lipinski definition) is 4. The maximum Gasteiger partial charge on any atom is 0.215 e. The molecule has 4 nitrogen and oxygen atoms in total. The Kier molecular flexibility index (Phi) is 3.29. The molecule has 0 spiro atoms. The van der Waals surface area contributed by atoms with Crippen molar-refractivity contribution in [1.82, 2.24) is 4.98 Å². The van der Waals surface area contributed by atoms with E-state index in [9.17, 15) is 0 Å². The molecule has 2 N–H and O–H groups in total. The number of nitrogen functional groups attached to an aromatic ring is 1. The summed E-state index contributed by atoms with van der Waals surface area (Å²) in [6, 6.07) is 5.44. The van der Waals surface area contributed by atoms with Crippen LogP contribution in [0.3, 0.4) is 0 Å². The van der Waals surface area contributed by atoms with Crippen LogP contribution in [0.25, 0.3) is 0 Å². The van der Waals surface area contributed by atoms with E-state index in [1.807, 2.05) is 12.1 Å². The van der Waals surface area contributed by atoms with Crippen LogP contribution in [0, 0.1) is 0 Å². The predicted molar refractivity (Wildman–Crippen MR) is 62.3 cm³/mol. The van der Waals surface area contributed by atoms with Gasteiger partial charge in [-0.15, -0.1) is 0 Å². The third-order valence-corrected chi connectivity index (χ3v) is 2.69. The number of pyridine rings is 1. The van der Waals surface area contributed by atoms with Gasteiger partial charge in [-0.2, -0.15) is 4.98 Å². The van der Waals surface area contributed by atoms with E-state index in [2.05, 4.69) is 18.8 Å². The van der Waals surface area contributed by atoms with Crippen molar-refractivity contribution in [1.29, 1.82) is 0 Å². The highest BCUT2D eigenvalue weighted by Crippen LogP contribution is 2.23. The Balaban J connectivity index is 1.98. The Morgan fingerprint density at radius 1 is 1.31 bits per heavy atom. The zero-order valence-electron chi connectivity index (χ0n) is 9.72. The van der Waals surface area contributed by atoms with Gasteiger partial charge in [-0.05, 0) is 19.9 Å².